The number of nitrogens with zero attached hydrogens (tertiary/aromatic N) is 1. The van der Waals surface area contributed by atoms with Crippen LogP contribution in [0.2, 0.25) is 0 Å². The van der Waals surface area contributed by atoms with Crippen LogP contribution < -0.4 is 5.32 Å². The minimum Gasteiger partial charge on any atom is -0.334 e. The number of carbonyl (C=O) groups is 2. The van der Waals surface area contributed by atoms with Gasteiger partial charge < -0.3 is 10.2 Å². The van der Waals surface area contributed by atoms with Crippen LogP contribution in [0.3, 0.4) is 0 Å². The van der Waals surface area contributed by atoms with Crippen molar-refractivity contribution in [3.63, 3.8) is 0 Å². The van der Waals surface area contributed by atoms with E-state index in [2.05, 4.69) is 26.1 Å². The molecule has 4 nitrogen and oxygen atoms in total. The van der Waals surface area contributed by atoms with Crippen molar-refractivity contribution in [1.29, 1.82) is 0 Å². The number of nitrogens with one attached hydrogen (secondary N) is 1. The zero-order chi connectivity index (χ0) is 16.0. The molecule has 0 aliphatic rings. The minimum absolute atomic E-state index is 0.0481. The van der Waals surface area contributed by atoms with E-state index in [0.29, 0.717) is 6.54 Å². The topological polar surface area (TPSA) is 49.4 Å². The number of amides is 2. The third kappa shape index (κ3) is 5.21. The molecule has 0 aliphatic carbocycles. The molecular formula is C17H26N2O2. The van der Waals surface area contributed by atoms with E-state index in [4.69, 9.17) is 0 Å². The fraction of sp³-hybridized carbons (Fsp3) is 0.529. The number of benzene rings is 1. The van der Waals surface area contributed by atoms with Crippen LogP contribution in [0.1, 0.15) is 46.6 Å². The SMILES string of the molecule is CCCN(CC(=O)Nc1ccccc1C(C)(C)C)C(C)=O. The van der Waals surface area contributed by atoms with E-state index in [1.54, 1.807) is 4.90 Å². The second kappa shape index (κ2) is 7.25. The molecule has 0 aromatic heterocycles. The monoisotopic (exact) mass is 290 g/mol. The van der Waals surface area contributed by atoms with Crippen molar-refractivity contribution in [2.45, 2.75) is 46.5 Å². The summed E-state index contributed by atoms with van der Waals surface area (Å²) in [6.07, 6.45) is 0.839. The van der Waals surface area contributed by atoms with Crippen molar-refractivity contribution in [2.24, 2.45) is 0 Å². The van der Waals surface area contributed by atoms with Gasteiger partial charge in [0.05, 0.1) is 6.54 Å². The zero-order valence-corrected chi connectivity index (χ0v) is 13.7. The number of carbonyl (C=O) groups excluding carboxylic acids is 2. The molecule has 0 unspecified atom stereocenters. The first-order valence-corrected chi connectivity index (χ1v) is 7.40. The number of anilines is 1. The number of rotatable bonds is 5. The van der Waals surface area contributed by atoms with Gasteiger partial charge in [-0.2, -0.15) is 0 Å². The molecule has 0 heterocycles. The van der Waals surface area contributed by atoms with E-state index in [-0.39, 0.29) is 23.8 Å². The van der Waals surface area contributed by atoms with E-state index in [9.17, 15) is 9.59 Å². The number of hydrogen-bond donors (Lipinski definition) is 1. The van der Waals surface area contributed by atoms with Gasteiger partial charge in [-0.1, -0.05) is 45.9 Å². The van der Waals surface area contributed by atoms with Crippen LogP contribution in [0.25, 0.3) is 0 Å². The lowest BCUT2D eigenvalue weighted by molar-refractivity contribution is -0.132. The van der Waals surface area contributed by atoms with Gasteiger partial charge in [0.2, 0.25) is 11.8 Å². The molecule has 0 spiro atoms. The summed E-state index contributed by atoms with van der Waals surface area (Å²) in [4.78, 5) is 25.2. The summed E-state index contributed by atoms with van der Waals surface area (Å²) in [7, 11) is 0. The fourth-order valence-corrected chi connectivity index (χ4v) is 2.23. The van der Waals surface area contributed by atoms with Gasteiger partial charge in [-0.15, -0.1) is 0 Å². The summed E-state index contributed by atoms with van der Waals surface area (Å²) in [6.45, 7) is 10.5. The molecule has 21 heavy (non-hydrogen) atoms. The Labute approximate surface area is 127 Å². The molecule has 0 aliphatic heterocycles. The molecule has 0 bridgehead atoms. The van der Waals surface area contributed by atoms with Crippen LogP contribution in [0.4, 0.5) is 5.69 Å². The van der Waals surface area contributed by atoms with Crippen molar-refractivity contribution < 1.29 is 9.59 Å². The minimum atomic E-state index is -0.157. The Bertz CT molecular complexity index is 504. The van der Waals surface area contributed by atoms with Gasteiger partial charge in [0.25, 0.3) is 0 Å². The maximum atomic E-state index is 12.2. The molecule has 0 atom stereocenters. The van der Waals surface area contributed by atoms with E-state index in [1.165, 1.54) is 6.92 Å². The molecule has 4 heteroatoms. The van der Waals surface area contributed by atoms with Gasteiger partial charge in [-0.3, -0.25) is 9.59 Å². The summed E-state index contributed by atoms with van der Waals surface area (Å²) >= 11 is 0. The van der Waals surface area contributed by atoms with Gasteiger partial charge in [-0.25, -0.2) is 0 Å². The first-order valence-electron chi connectivity index (χ1n) is 7.40. The lowest BCUT2D eigenvalue weighted by atomic mass is 9.86. The van der Waals surface area contributed by atoms with Crippen LogP contribution >= 0.6 is 0 Å². The molecule has 0 saturated carbocycles. The Morgan fingerprint density at radius 1 is 1.19 bits per heavy atom. The highest BCUT2D eigenvalue weighted by Gasteiger charge is 2.19. The molecule has 1 rings (SSSR count). The predicted octanol–water partition coefficient (Wildman–Crippen LogP) is 3.18. The first-order chi connectivity index (χ1) is 9.75. The van der Waals surface area contributed by atoms with Crippen molar-refractivity contribution >= 4 is 17.5 Å². The lowest BCUT2D eigenvalue weighted by Gasteiger charge is -2.24. The van der Waals surface area contributed by atoms with Gasteiger partial charge in [0.1, 0.15) is 0 Å². The molecule has 2 amide bonds. The second-order valence-corrected chi connectivity index (χ2v) is 6.28. The molecule has 1 aromatic carbocycles. The highest BCUT2D eigenvalue weighted by atomic mass is 16.2. The molecular weight excluding hydrogens is 264 g/mol. The van der Waals surface area contributed by atoms with E-state index in [0.717, 1.165) is 17.7 Å². The van der Waals surface area contributed by atoms with Crippen molar-refractivity contribution in [3.05, 3.63) is 29.8 Å². The highest BCUT2D eigenvalue weighted by molar-refractivity contribution is 5.95. The van der Waals surface area contributed by atoms with Gasteiger partial charge in [-0.05, 0) is 23.5 Å². The zero-order valence-electron chi connectivity index (χ0n) is 13.7. The summed E-state index contributed by atoms with van der Waals surface area (Å²) in [5, 5.41) is 2.93. The normalized spacial score (nSPS) is 11.1. The molecule has 0 saturated heterocycles. The third-order valence-corrected chi connectivity index (χ3v) is 3.28. The average molecular weight is 290 g/mol. The summed E-state index contributed by atoms with van der Waals surface area (Å²) in [5.41, 5.74) is 1.85. The van der Waals surface area contributed by atoms with Crippen molar-refractivity contribution in [2.75, 3.05) is 18.4 Å². The largest absolute Gasteiger partial charge is 0.334 e. The van der Waals surface area contributed by atoms with Crippen LogP contribution in [0.5, 0.6) is 0 Å². The van der Waals surface area contributed by atoms with Crippen LogP contribution in [0.15, 0.2) is 24.3 Å². The summed E-state index contributed by atoms with van der Waals surface area (Å²) < 4.78 is 0. The third-order valence-electron chi connectivity index (χ3n) is 3.28. The number of para-hydroxylation sites is 1. The predicted molar refractivity (Wildman–Crippen MR) is 86.3 cm³/mol. The second-order valence-electron chi connectivity index (χ2n) is 6.28. The molecule has 1 aromatic rings. The van der Waals surface area contributed by atoms with E-state index >= 15 is 0 Å². The maximum absolute atomic E-state index is 12.2. The van der Waals surface area contributed by atoms with Crippen LogP contribution in [-0.2, 0) is 15.0 Å². The molecule has 0 fully saturated rings. The maximum Gasteiger partial charge on any atom is 0.244 e. The van der Waals surface area contributed by atoms with Crippen molar-refractivity contribution in [3.8, 4) is 0 Å². The van der Waals surface area contributed by atoms with Crippen LogP contribution in [-0.4, -0.2) is 29.8 Å². The van der Waals surface area contributed by atoms with Gasteiger partial charge >= 0.3 is 0 Å². The average Bonchev–Trinajstić information content (AvgIpc) is 2.37. The Balaban J connectivity index is 2.82. The Morgan fingerprint density at radius 3 is 2.33 bits per heavy atom. The molecule has 1 N–H and O–H groups in total. The fourth-order valence-electron chi connectivity index (χ4n) is 2.23. The Kier molecular flexibility index (Phi) is 5.94. The van der Waals surface area contributed by atoms with E-state index < -0.39 is 0 Å². The lowest BCUT2D eigenvalue weighted by Crippen LogP contribution is -2.37. The number of hydrogen-bond acceptors (Lipinski definition) is 2. The molecule has 116 valence electrons. The van der Waals surface area contributed by atoms with Gasteiger partial charge in [0.15, 0.2) is 0 Å². The smallest absolute Gasteiger partial charge is 0.244 e. The quantitative estimate of drug-likeness (QED) is 0.905. The van der Waals surface area contributed by atoms with E-state index in [1.807, 2.05) is 31.2 Å². The van der Waals surface area contributed by atoms with Gasteiger partial charge in [0, 0.05) is 19.2 Å². The highest BCUT2D eigenvalue weighted by Crippen LogP contribution is 2.29. The Hall–Kier alpha value is -1.84. The standard InChI is InChI=1S/C17H26N2O2/c1-6-11-19(13(2)20)12-16(21)18-15-10-8-7-9-14(15)17(3,4)5/h7-10H,6,11-12H2,1-5H3,(H,18,21). The summed E-state index contributed by atoms with van der Waals surface area (Å²) in [6, 6.07) is 7.79. The van der Waals surface area contributed by atoms with Crippen LogP contribution in [0, 0.1) is 0 Å². The van der Waals surface area contributed by atoms with Crippen molar-refractivity contribution in [1.82, 2.24) is 4.90 Å². The molecule has 0 radical (unpaired) electrons. The Morgan fingerprint density at radius 2 is 1.81 bits per heavy atom. The summed E-state index contributed by atoms with van der Waals surface area (Å²) in [5.74, 6) is -0.230. The first kappa shape index (κ1) is 17.2.